The van der Waals surface area contributed by atoms with E-state index in [0.717, 1.165) is 25.7 Å². The lowest BCUT2D eigenvalue weighted by atomic mass is 9.88. The third kappa shape index (κ3) is 7.32. The van der Waals surface area contributed by atoms with Crippen LogP contribution in [0.3, 0.4) is 0 Å². The molecule has 44 heavy (non-hydrogen) atoms. The molecule has 0 atom stereocenters. The smallest absolute Gasteiger partial charge is 0.339 e. The number of unbranched alkanes of at least 4 members (excludes halogenated alkanes) is 3. The standard InChI is InChI=1S/C31H31ClF3N3O6/c32-9-3-1-2-4-11-42-13-14-43-12-10-38-30(39)26-27(33)24(25(31(40)41)28(34)29(26)35)23-19-7-5-17(36)15-21(19)44-22-16-18(37)6-8-20(22)23/h5-8,15-16,36H,1-4,9-14,37H2,(H,38,39)(H,40,41). The molecule has 0 saturated heterocycles. The van der Waals surface area contributed by atoms with E-state index >= 15 is 13.2 Å². The molecule has 0 saturated carbocycles. The van der Waals surface area contributed by atoms with Gasteiger partial charge in [-0.05, 0) is 37.1 Å². The Balaban J connectivity index is 1.60. The number of aromatic carboxylic acids is 1. The summed E-state index contributed by atoms with van der Waals surface area (Å²) in [6.07, 6.45) is 3.90. The molecule has 0 spiro atoms. The van der Waals surface area contributed by atoms with Crippen LogP contribution in [-0.2, 0) is 9.47 Å². The maximum absolute atomic E-state index is 16.3. The summed E-state index contributed by atoms with van der Waals surface area (Å²) < 4.78 is 63.5. The van der Waals surface area contributed by atoms with Crippen LogP contribution in [0, 0.1) is 22.9 Å². The van der Waals surface area contributed by atoms with Crippen molar-refractivity contribution in [1.29, 1.82) is 5.41 Å². The fourth-order valence-corrected chi connectivity index (χ4v) is 4.96. The zero-order chi connectivity index (χ0) is 31.8. The normalized spacial score (nSPS) is 11.4. The number of hydrogen-bond acceptors (Lipinski definition) is 7. The van der Waals surface area contributed by atoms with Gasteiger partial charge >= 0.3 is 5.97 Å². The fraction of sp³-hybridized carbons (Fsp3) is 0.323. The Morgan fingerprint density at radius 2 is 1.59 bits per heavy atom. The second-order valence-corrected chi connectivity index (χ2v) is 10.3. The zero-order valence-electron chi connectivity index (χ0n) is 23.6. The molecule has 2 aromatic carbocycles. The van der Waals surface area contributed by atoms with Crippen molar-refractivity contribution in [2.24, 2.45) is 0 Å². The van der Waals surface area contributed by atoms with E-state index in [2.05, 4.69) is 5.32 Å². The number of hydrogen-bond donors (Lipinski definition) is 4. The fourth-order valence-electron chi connectivity index (χ4n) is 4.77. The molecule has 0 radical (unpaired) electrons. The number of nitrogen functional groups attached to an aromatic ring is 1. The van der Waals surface area contributed by atoms with Crippen LogP contribution in [-0.4, -0.2) is 55.8 Å². The van der Waals surface area contributed by atoms with Crippen molar-refractivity contribution >= 4 is 40.1 Å². The van der Waals surface area contributed by atoms with Crippen molar-refractivity contribution in [2.75, 3.05) is 44.6 Å². The van der Waals surface area contributed by atoms with Gasteiger partial charge in [-0.2, -0.15) is 0 Å². The molecule has 0 unspecified atom stereocenters. The summed E-state index contributed by atoms with van der Waals surface area (Å²) in [7, 11) is 0. The number of rotatable bonds is 15. The summed E-state index contributed by atoms with van der Waals surface area (Å²) in [5, 5.41) is 20.2. The van der Waals surface area contributed by atoms with Gasteiger partial charge in [-0.3, -0.25) is 4.79 Å². The van der Waals surface area contributed by atoms with E-state index in [0.29, 0.717) is 19.1 Å². The lowest BCUT2D eigenvalue weighted by Gasteiger charge is -2.19. The first-order valence-corrected chi connectivity index (χ1v) is 14.4. The number of ether oxygens (including phenoxy) is 2. The molecule has 4 rings (SSSR count). The number of amides is 1. The summed E-state index contributed by atoms with van der Waals surface area (Å²) in [5.41, 5.74) is 2.66. The van der Waals surface area contributed by atoms with E-state index in [4.69, 9.17) is 36.6 Å². The second kappa shape index (κ2) is 15.0. The van der Waals surface area contributed by atoms with Gasteiger partial charge in [0.05, 0.1) is 25.2 Å². The SMILES string of the molecule is N=c1ccc2c(-c3c(F)c(C(=O)NCCOCCOCCCCCCCl)c(F)c(F)c3C(=O)O)c3ccc(N)cc3oc-2c1. The number of carbonyl (C=O) groups excluding carboxylic acids is 1. The van der Waals surface area contributed by atoms with Gasteiger partial charge in [0.1, 0.15) is 28.3 Å². The zero-order valence-corrected chi connectivity index (χ0v) is 24.4. The van der Waals surface area contributed by atoms with Gasteiger partial charge in [0.2, 0.25) is 0 Å². The number of alkyl halides is 1. The van der Waals surface area contributed by atoms with Gasteiger partial charge in [0, 0.05) is 58.9 Å². The van der Waals surface area contributed by atoms with Gasteiger partial charge in [-0.1, -0.05) is 12.8 Å². The summed E-state index contributed by atoms with van der Waals surface area (Å²) in [4.78, 5) is 25.1. The number of anilines is 1. The van der Waals surface area contributed by atoms with E-state index < -0.39 is 46.0 Å². The molecule has 234 valence electrons. The number of carboxylic acid groups (broad SMARTS) is 1. The van der Waals surface area contributed by atoms with Crippen molar-refractivity contribution in [3.63, 3.8) is 0 Å². The molecule has 0 fully saturated rings. The molecule has 0 bridgehead atoms. The summed E-state index contributed by atoms with van der Waals surface area (Å²) in [5.74, 6) is -8.04. The highest BCUT2D eigenvalue weighted by molar-refractivity contribution is 6.17. The Bertz CT molecular complexity index is 1700. The van der Waals surface area contributed by atoms with Crippen LogP contribution in [0.2, 0.25) is 0 Å². The number of nitrogens with one attached hydrogen (secondary N) is 2. The summed E-state index contributed by atoms with van der Waals surface area (Å²) in [6.45, 7) is 0.907. The van der Waals surface area contributed by atoms with Gasteiger partial charge in [-0.25, -0.2) is 18.0 Å². The van der Waals surface area contributed by atoms with E-state index in [1.165, 1.54) is 36.4 Å². The number of carboxylic acids is 1. The van der Waals surface area contributed by atoms with Crippen LogP contribution < -0.4 is 16.4 Å². The highest BCUT2D eigenvalue weighted by Crippen LogP contribution is 2.44. The van der Waals surface area contributed by atoms with Gasteiger partial charge in [-0.15, -0.1) is 11.6 Å². The Morgan fingerprint density at radius 3 is 2.32 bits per heavy atom. The van der Waals surface area contributed by atoms with Crippen LogP contribution in [0.1, 0.15) is 46.4 Å². The molecule has 2 aliphatic rings. The first kappa shape index (κ1) is 32.8. The quantitative estimate of drug-likeness (QED) is 0.0416. The Hall–Kier alpha value is -4.13. The molecule has 13 heteroatoms. The van der Waals surface area contributed by atoms with Crippen molar-refractivity contribution in [2.45, 2.75) is 25.7 Å². The molecule has 1 aliphatic carbocycles. The minimum Gasteiger partial charge on any atom is -0.478 e. The van der Waals surface area contributed by atoms with Crippen molar-refractivity contribution < 1.29 is 41.8 Å². The molecule has 1 amide bonds. The first-order chi connectivity index (χ1) is 21.1. The molecule has 1 aliphatic heterocycles. The van der Waals surface area contributed by atoms with E-state index in [1.807, 2.05) is 0 Å². The number of benzene rings is 3. The molecule has 9 nitrogen and oxygen atoms in total. The molecular weight excluding hydrogens is 603 g/mol. The first-order valence-electron chi connectivity index (χ1n) is 13.9. The van der Waals surface area contributed by atoms with E-state index in [9.17, 15) is 14.7 Å². The Kier molecular flexibility index (Phi) is 11.2. The minimum atomic E-state index is -1.96. The molecule has 1 heterocycles. The number of carbonyl (C=O) groups is 2. The second-order valence-electron chi connectivity index (χ2n) is 9.90. The van der Waals surface area contributed by atoms with Crippen LogP contribution in [0.5, 0.6) is 0 Å². The predicted octanol–water partition coefficient (Wildman–Crippen LogP) is 5.94. The Morgan fingerprint density at radius 1 is 0.886 bits per heavy atom. The highest BCUT2D eigenvalue weighted by atomic mass is 35.5. The third-order valence-corrected chi connectivity index (χ3v) is 7.10. The minimum absolute atomic E-state index is 0.0200. The van der Waals surface area contributed by atoms with Gasteiger partial charge in [0.25, 0.3) is 5.91 Å². The number of nitrogens with two attached hydrogens (primary N) is 1. The van der Waals surface area contributed by atoms with Crippen molar-refractivity contribution in [1.82, 2.24) is 5.32 Å². The van der Waals surface area contributed by atoms with Crippen LogP contribution in [0.4, 0.5) is 18.9 Å². The lowest BCUT2D eigenvalue weighted by Crippen LogP contribution is -2.30. The maximum Gasteiger partial charge on any atom is 0.339 e. The number of fused-ring (bicyclic) bond motifs is 2. The summed E-state index contributed by atoms with van der Waals surface area (Å²) in [6, 6.07) is 8.22. The predicted molar refractivity (Wildman–Crippen MR) is 159 cm³/mol. The Labute approximate surface area is 255 Å². The monoisotopic (exact) mass is 633 g/mol. The highest BCUT2D eigenvalue weighted by Gasteiger charge is 2.34. The largest absolute Gasteiger partial charge is 0.478 e. The van der Waals surface area contributed by atoms with Crippen LogP contribution in [0.15, 0.2) is 40.8 Å². The van der Waals surface area contributed by atoms with Crippen molar-refractivity contribution in [3.8, 4) is 22.5 Å². The van der Waals surface area contributed by atoms with Crippen molar-refractivity contribution in [3.05, 3.63) is 70.3 Å². The molecule has 5 N–H and O–H groups in total. The lowest BCUT2D eigenvalue weighted by molar-refractivity contribution is 0.0468. The molecule has 2 aromatic rings. The average Bonchev–Trinajstić information content (AvgIpc) is 2.98. The average molecular weight is 634 g/mol. The van der Waals surface area contributed by atoms with Gasteiger partial charge < -0.3 is 35.5 Å². The van der Waals surface area contributed by atoms with E-state index in [-0.39, 0.29) is 58.7 Å². The topological polar surface area (TPSA) is 148 Å². The van der Waals surface area contributed by atoms with Crippen LogP contribution in [0.25, 0.3) is 33.4 Å². The molecule has 0 aromatic heterocycles. The van der Waals surface area contributed by atoms with Gasteiger partial charge in [0.15, 0.2) is 11.6 Å². The third-order valence-electron chi connectivity index (χ3n) is 6.83. The maximum atomic E-state index is 16.3. The summed E-state index contributed by atoms with van der Waals surface area (Å²) >= 11 is 5.64. The molecular formula is C31H31ClF3N3O6. The van der Waals surface area contributed by atoms with Crippen LogP contribution >= 0.6 is 11.6 Å². The van der Waals surface area contributed by atoms with E-state index in [1.54, 1.807) is 0 Å². The number of halogens is 4.